The highest BCUT2D eigenvalue weighted by Crippen LogP contribution is 2.38. The lowest BCUT2D eigenvalue weighted by Gasteiger charge is -2.31. The minimum atomic E-state index is -0.794. The third-order valence-electron chi connectivity index (χ3n) is 3.83. The molecule has 0 fully saturated rings. The van der Waals surface area contributed by atoms with Gasteiger partial charge in [-0.3, -0.25) is 9.69 Å². The lowest BCUT2D eigenvalue weighted by atomic mass is 9.93. The maximum atomic E-state index is 12.0. The molecule has 1 aliphatic rings. The molecule has 2 N–H and O–H groups in total. The quantitative estimate of drug-likeness (QED) is 0.913. The van der Waals surface area contributed by atoms with Crippen molar-refractivity contribution in [2.75, 3.05) is 14.2 Å². The minimum Gasteiger partial charge on any atom is -0.493 e. The smallest absolute Gasteiger partial charge is 0.231 e. The molecule has 1 atom stereocenters. The maximum Gasteiger partial charge on any atom is 0.231 e. The first kappa shape index (κ1) is 13.5. The Labute approximate surface area is 122 Å². The summed E-state index contributed by atoms with van der Waals surface area (Å²) in [5.41, 5.74) is 5.68. The number of ether oxygens (including phenoxy) is 1. The van der Waals surface area contributed by atoms with Gasteiger partial charge in [0.2, 0.25) is 5.91 Å². The van der Waals surface area contributed by atoms with Crippen molar-refractivity contribution >= 4 is 22.8 Å². The van der Waals surface area contributed by atoms with Crippen molar-refractivity contribution < 1.29 is 13.9 Å². The zero-order valence-electron chi connectivity index (χ0n) is 12.2. The van der Waals surface area contributed by atoms with Crippen LogP contribution in [0.4, 0.5) is 0 Å². The molecular weight excluding hydrogens is 270 g/mol. The molecule has 1 aromatic heterocycles. The Hall–Kier alpha value is -2.50. The molecule has 3 rings (SSSR count). The molecule has 0 aliphatic carbocycles. The second-order valence-electron chi connectivity index (χ2n) is 5.36. The third-order valence-corrected chi connectivity index (χ3v) is 3.83. The van der Waals surface area contributed by atoms with Crippen molar-refractivity contribution in [3.8, 4) is 5.75 Å². The van der Waals surface area contributed by atoms with Crippen LogP contribution < -0.4 is 10.5 Å². The van der Waals surface area contributed by atoms with Crippen LogP contribution >= 0.6 is 0 Å². The van der Waals surface area contributed by atoms with Crippen molar-refractivity contribution in [1.29, 1.82) is 0 Å². The highest BCUT2D eigenvalue weighted by molar-refractivity contribution is 5.98. The molecule has 2 heterocycles. The second kappa shape index (κ2) is 4.51. The molecule has 1 aromatic carbocycles. The SMILES string of the molecule is COc1cccc2cc([C@]3(C)CC(=O)N(C)C(N)=N3)oc12. The normalized spacial score (nSPS) is 22.5. The van der Waals surface area contributed by atoms with Crippen molar-refractivity contribution in [3.05, 3.63) is 30.0 Å². The number of furan rings is 1. The molecule has 2 aromatic rings. The number of carbonyl (C=O) groups excluding carboxylic acids is 1. The summed E-state index contributed by atoms with van der Waals surface area (Å²) in [6.07, 6.45) is 0.215. The van der Waals surface area contributed by atoms with E-state index in [1.54, 1.807) is 14.2 Å². The predicted octanol–water partition coefficient (Wildman–Crippen LogP) is 1.83. The van der Waals surface area contributed by atoms with Crippen LogP contribution in [0.15, 0.2) is 33.7 Å². The van der Waals surface area contributed by atoms with Crippen LogP contribution in [-0.4, -0.2) is 30.9 Å². The number of guanidine groups is 1. The average molecular weight is 287 g/mol. The fraction of sp³-hybridized carbons (Fsp3) is 0.333. The molecule has 0 saturated heterocycles. The van der Waals surface area contributed by atoms with Gasteiger partial charge in [-0.1, -0.05) is 12.1 Å². The molecule has 0 bridgehead atoms. The van der Waals surface area contributed by atoms with Crippen LogP contribution in [0.1, 0.15) is 19.1 Å². The van der Waals surface area contributed by atoms with Gasteiger partial charge in [-0.05, 0) is 19.1 Å². The van der Waals surface area contributed by atoms with Gasteiger partial charge in [0.15, 0.2) is 17.3 Å². The molecule has 0 saturated carbocycles. The first-order valence-corrected chi connectivity index (χ1v) is 6.63. The summed E-state index contributed by atoms with van der Waals surface area (Å²) in [6, 6.07) is 7.53. The Bertz CT molecular complexity index is 750. The molecule has 0 radical (unpaired) electrons. The van der Waals surface area contributed by atoms with E-state index in [1.807, 2.05) is 31.2 Å². The minimum absolute atomic E-state index is 0.0857. The van der Waals surface area contributed by atoms with Crippen LogP contribution in [0.3, 0.4) is 0 Å². The topological polar surface area (TPSA) is 81.1 Å². The molecule has 21 heavy (non-hydrogen) atoms. The monoisotopic (exact) mass is 287 g/mol. The number of carbonyl (C=O) groups is 1. The summed E-state index contributed by atoms with van der Waals surface area (Å²) < 4.78 is 11.2. The van der Waals surface area contributed by atoms with Crippen LogP contribution in [0.2, 0.25) is 0 Å². The van der Waals surface area contributed by atoms with E-state index >= 15 is 0 Å². The maximum absolute atomic E-state index is 12.0. The number of nitrogens with two attached hydrogens (primary N) is 1. The number of hydrogen-bond acceptors (Lipinski definition) is 5. The van der Waals surface area contributed by atoms with Gasteiger partial charge in [0.05, 0.1) is 13.5 Å². The van der Waals surface area contributed by atoms with E-state index < -0.39 is 5.54 Å². The zero-order chi connectivity index (χ0) is 15.2. The molecule has 1 aliphatic heterocycles. The van der Waals surface area contributed by atoms with Gasteiger partial charge in [-0.2, -0.15) is 0 Å². The molecule has 1 amide bonds. The Kier molecular flexibility index (Phi) is 2.90. The second-order valence-corrected chi connectivity index (χ2v) is 5.36. The Morgan fingerprint density at radius 3 is 2.90 bits per heavy atom. The van der Waals surface area contributed by atoms with Gasteiger partial charge in [-0.15, -0.1) is 0 Å². The third kappa shape index (κ3) is 2.03. The van der Waals surface area contributed by atoms with Crippen LogP contribution in [0.25, 0.3) is 11.0 Å². The van der Waals surface area contributed by atoms with E-state index in [0.29, 0.717) is 17.1 Å². The van der Waals surface area contributed by atoms with Gasteiger partial charge in [-0.25, -0.2) is 4.99 Å². The summed E-state index contributed by atoms with van der Waals surface area (Å²) >= 11 is 0. The van der Waals surface area contributed by atoms with E-state index in [2.05, 4.69) is 4.99 Å². The largest absolute Gasteiger partial charge is 0.493 e. The number of hydrogen-bond donors (Lipinski definition) is 1. The summed E-state index contributed by atoms with van der Waals surface area (Å²) in [6.45, 7) is 1.84. The van der Waals surface area contributed by atoms with Gasteiger partial charge in [0, 0.05) is 12.4 Å². The Balaban J connectivity index is 2.14. The summed E-state index contributed by atoms with van der Waals surface area (Å²) in [4.78, 5) is 17.8. The molecule has 6 heteroatoms. The summed E-state index contributed by atoms with van der Waals surface area (Å²) in [7, 11) is 3.20. The number of nitrogens with zero attached hydrogens (tertiary/aromatic N) is 2. The van der Waals surface area contributed by atoms with Crippen molar-refractivity contribution in [3.63, 3.8) is 0 Å². The van der Waals surface area contributed by atoms with Gasteiger partial charge >= 0.3 is 0 Å². The summed E-state index contributed by atoms with van der Waals surface area (Å²) in [5, 5.41) is 0.908. The molecule has 0 unspecified atom stereocenters. The highest BCUT2D eigenvalue weighted by atomic mass is 16.5. The number of aliphatic imine (C=N–C) groups is 1. The average Bonchev–Trinajstić information content (AvgIpc) is 2.89. The van der Waals surface area contributed by atoms with Crippen molar-refractivity contribution in [2.45, 2.75) is 18.9 Å². The van der Waals surface area contributed by atoms with E-state index in [-0.39, 0.29) is 18.3 Å². The molecular formula is C15H17N3O3. The van der Waals surface area contributed by atoms with Crippen LogP contribution in [0, 0.1) is 0 Å². The fourth-order valence-corrected chi connectivity index (χ4v) is 2.51. The molecule has 0 spiro atoms. The van der Waals surface area contributed by atoms with Crippen LogP contribution in [-0.2, 0) is 10.3 Å². The molecule has 6 nitrogen and oxygen atoms in total. The Morgan fingerprint density at radius 1 is 1.48 bits per heavy atom. The van der Waals surface area contributed by atoms with E-state index in [1.165, 1.54) is 4.90 Å². The van der Waals surface area contributed by atoms with Gasteiger partial charge in [0.25, 0.3) is 0 Å². The fourth-order valence-electron chi connectivity index (χ4n) is 2.51. The number of methoxy groups -OCH3 is 1. The van der Waals surface area contributed by atoms with Gasteiger partial charge < -0.3 is 14.9 Å². The lowest BCUT2D eigenvalue weighted by molar-refractivity contribution is -0.128. The van der Waals surface area contributed by atoms with E-state index in [4.69, 9.17) is 14.9 Å². The standard InChI is InChI=1S/C15H17N3O3/c1-15(8-12(19)18(2)14(16)17-15)11-7-9-5-4-6-10(20-3)13(9)21-11/h4-7H,8H2,1-3H3,(H2,16,17)/t15-/m0/s1. The first-order chi connectivity index (χ1) is 9.94. The summed E-state index contributed by atoms with van der Waals surface area (Å²) in [5.74, 6) is 1.36. The van der Waals surface area contributed by atoms with Crippen molar-refractivity contribution in [1.82, 2.24) is 4.90 Å². The number of fused-ring (bicyclic) bond motifs is 1. The zero-order valence-corrected chi connectivity index (χ0v) is 12.2. The molecule has 110 valence electrons. The van der Waals surface area contributed by atoms with Gasteiger partial charge in [0.1, 0.15) is 11.3 Å². The van der Waals surface area contributed by atoms with Crippen LogP contribution in [0.5, 0.6) is 5.75 Å². The first-order valence-electron chi connectivity index (χ1n) is 6.63. The Morgan fingerprint density at radius 2 is 2.24 bits per heavy atom. The number of rotatable bonds is 2. The lowest BCUT2D eigenvalue weighted by Crippen LogP contribution is -2.47. The number of para-hydroxylation sites is 1. The number of benzene rings is 1. The number of amides is 1. The predicted molar refractivity (Wildman–Crippen MR) is 79.1 cm³/mol. The highest BCUT2D eigenvalue weighted by Gasteiger charge is 2.39. The van der Waals surface area contributed by atoms with E-state index in [0.717, 1.165) is 5.39 Å². The van der Waals surface area contributed by atoms with Crippen molar-refractivity contribution in [2.24, 2.45) is 10.7 Å². The van der Waals surface area contributed by atoms with E-state index in [9.17, 15) is 4.79 Å².